The van der Waals surface area contributed by atoms with Crippen molar-refractivity contribution in [3.05, 3.63) is 54.2 Å². The topological polar surface area (TPSA) is 69.1 Å². The van der Waals surface area contributed by atoms with E-state index in [9.17, 15) is 0 Å². The predicted molar refractivity (Wildman–Crippen MR) is 64.4 cm³/mol. The molecule has 5 heteroatoms. The highest BCUT2D eigenvalue weighted by molar-refractivity contribution is 5.42. The van der Waals surface area contributed by atoms with Crippen LogP contribution >= 0.6 is 0 Å². The summed E-state index contributed by atoms with van der Waals surface area (Å²) in [5, 5.41) is 8.23. The second kappa shape index (κ2) is 3.86. The molecule has 0 unspecified atom stereocenters. The summed E-state index contributed by atoms with van der Waals surface area (Å²) < 4.78 is 1.88. The summed E-state index contributed by atoms with van der Waals surface area (Å²) >= 11 is 0. The molecule has 2 heterocycles. The van der Waals surface area contributed by atoms with Crippen molar-refractivity contribution in [2.24, 2.45) is 0 Å². The number of anilines is 1. The molecular formula is C12H11N5. The molecule has 84 valence electrons. The fourth-order valence-electron chi connectivity index (χ4n) is 1.80. The van der Waals surface area contributed by atoms with Crippen LogP contribution in [0, 0.1) is 0 Å². The van der Waals surface area contributed by atoms with Gasteiger partial charge in [0, 0.05) is 24.4 Å². The SMILES string of the molecule is Nc1cccc(Cc2nnc3ccncn23)c1. The molecule has 2 N–H and O–H groups in total. The van der Waals surface area contributed by atoms with Crippen molar-refractivity contribution < 1.29 is 0 Å². The van der Waals surface area contributed by atoms with Gasteiger partial charge in [0.1, 0.15) is 12.2 Å². The maximum atomic E-state index is 5.75. The van der Waals surface area contributed by atoms with Crippen LogP contribution in [-0.2, 0) is 6.42 Å². The highest BCUT2D eigenvalue weighted by Gasteiger charge is 2.05. The lowest BCUT2D eigenvalue weighted by molar-refractivity contribution is 0.920. The molecule has 3 rings (SSSR count). The Balaban J connectivity index is 2.00. The first-order chi connectivity index (χ1) is 8.33. The molecule has 0 saturated carbocycles. The Labute approximate surface area is 97.9 Å². The number of benzene rings is 1. The number of aromatic nitrogens is 4. The van der Waals surface area contributed by atoms with Gasteiger partial charge < -0.3 is 5.73 Å². The van der Waals surface area contributed by atoms with Crippen LogP contribution in [0.2, 0.25) is 0 Å². The lowest BCUT2D eigenvalue weighted by atomic mass is 10.1. The number of nitrogens with two attached hydrogens (primary N) is 1. The van der Waals surface area contributed by atoms with E-state index in [1.807, 2.05) is 34.7 Å². The fourth-order valence-corrected chi connectivity index (χ4v) is 1.80. The minimum absolute atomic E-state index is 0.692. The molecule has 0 fully saturated rings. The number of rotatable bonds is 2. The molecule has 3 aromatic rings. The van der Waals surface area contributed by atoms with E-state index in [0.29, 0.717) is 6.42 Å². The molecule has 1 aromatic carbocycles. The van der Waals surface area contributed by atoms with Crippen LogP contribution in [0.1, 0.15) is 11.4 Å². The molecule has 17 heavy (non-hydrogen) atoms. The highest BCUT2D eigenvalue weighted by Crippen LogP contribution is 2.11. The minimum Gasteiger partial charge on any atom is -0.399 e. The summed E-state index contributed by atoms with van der Waals surface area (Å²) in [6.45, 7) is 0. The van der Waals surface area contributed by atoms with Crippen LogP contribution in [0.3, 0.4) is 0 Å². The Morgan fingerprint density at radius 1 is 1.18 bits per heavy atom. The minimum atomic E-state index is 0.692. The first-order valence-corrected chi connectivity index (χ1v) is 5.31. The average molecular weight is 225 g/mol. The smallest absolute Gasteiger partial charge is 0.163 e. The van der Waals surface area contributed by atoms with Gasteiger partial charge in [-0.3, -0.25) is 4.40 Å². The quantitative estimate of drug-likeness (QED) is 0.667. The van der Waals surface area contributed by atoms with E-state index in [4.69, 9.17) is 5.73 Å². The van der Waals surface area contributed by atoms with Crippen LogP contribution < -0.4 is 5.73 Å². The third kappa shape index (κ3) is 1.82. The normalized spacial score (nSPS) is 10.8. The van der Waals surface area contributed by atoms with Gasteiger partial charge in [0.15, 0.2) is 5.65 Å². The Kier molecular flexibility index (Phi) is 2.22. The standard InChI is InChI=1S/C12H11N5/c13-10-3-1-2-9(6-10)7-12-16-15-11-4-5-14-8-17(11)12/h1-6,8H,7,13H2. The average Bonchev–Trinajstić information content (AvgIpc) is 2.73. The van der Waals surface area contributed by atoms with E-state index in [0.717, 1.165) is 22.7 Å². The number of nitrogen functional groups attached to an aromatic ring is 1. The molecule has 0 aliphatic heterocycles. The van der Waals surface area contributed by atoms with Gasteiger partial charge in [0.05, 0.1) is 0 Å². The van der Waals surface area contributed by atoms with E-state index in [2.05, 4.69) is 15.2 Å². The van der Waals surface area contributed by atoms with Gasteiger partial charge in [-0.1, -0.05) is 12.1 Å². The zero-order valence-corrected chi connectivity index (χ0v) is 9.11. The first kappa shape index (κ1) is 9.77. The van der Waals surface area contributed by atoms with Crippen molar-refractivity contribution in [1.29, 1.82) is 0 Å². The Morgan fingerprint density at radius 2 is 2.12 bits per heavy atom. The van der Waals surface area contributed by atoms with Crippen molar-refractivity contribution in [1.82, 2.24) is 19.6 Å². The lowest BCUT2D eigenvalue weighted by Gasteiger charge is -2.01. The Hall–Kier alpha value is -2.43. The molecule has 0 spiro atoms. The number of fused-ring (bicyclic) bond motifs is 1. The van der Waals surface area contributed by atoms with Crippen molar-refractivity contribution in [3.63, 3.8) is 0 Å². The van der Waals surface area contributed by atoms with Crippen molar-refractivity contribution in [3.8, 4) is 0 Å². The van der Waals surface area contributed by atoms with Crippen molar-refractivity contribution >= 4 is 11.3 Å². The number of hydrogen-bond donors (Lipinski definition) is 1. The van der Waals surface area contributed by atoms with Gasteiger partial charge in [-0.2, -0.15) is 0 Å². The van der Waals surface area contributed by atoms with Crippen LogP contribution in [0.5, 0.6) is 0 Å². The zero-order chi connectivity index (χ0) is 11.7. The molecule has 0 aliphatic carbocycles. The Morgan fingerprint density at radius 3 is 3.00 bits per heavy atom. The van der Waals surface area contributed by atoms with Crippen molar-refractivity contribution in [2.45, 2.75) is 6.42 Å². The monoisotopic (exact) mass is 225 g/mol. The third-order valence-corrected chi connectivity index (χ3v) is 2.60. The molecule has 0 atom stereocenters. The summed E-state index contributed by atoms with van der Waals surface area (Å²) in [4.78, 5) is 4.06. The molecule has 2 aromatic heterocycles. The van der Waals surface area contributed by atoms with Crippen molar-refractivity contribution in [2.75, 3.05) is 5.73 Å². The largest absolute Gasteiger partial charge is 0.399 e. The number of nitrogens with zero attached hydrogens (tertiary/aromatic N) is 4. The second-order valence-corrected chi connectivity index (χ2v) is 3.85. The van der Waals surface area contributed by atoms with Gasteiger partial charge in [-0.25, -0.2) is 4.98 Å². The molecule has 0 bridgehead atoms. The predicted octanol–water partition coefficient (Wildman–Crippen LogP) is 1.30. The number of hydrogen-bond acceptors (Lipinski definition) is 4. The van der Waals surface area contributed by atoms with Gasteiger partial charge >= 0.3 is 0 Å². The summed E-state index contributed by atoms with van der Waals surface area (Å²) in [7, 11) is 0. The maximum Gasteiger partial charge on any atom is 0.163 e. The molecular weight excluding hydrogens is 214 g/mol. The third-order valence-electron chi connectivity index (χ3n) is 2.60. The lowest BCUT2D eigenvalue weighted by Crippen LogP contribution is -1.97. The van der Waals surface area contributed by atoms with Gasteiger partial charge in [0.2, 0.25) is 0 Å². The van der Waals surface area contributed by atoms with Crippen LogP contribution in [0.15, 0.2) is 42.9 Å². The molecule has 0 radical (unpaired) electrons. The van der Waals surface area contributed by atoms with E-state index < -0.39 is 0 Å². The first-order valence-electron chi connectivity index (χ1n) is 5.31. The molecule has 0 saturated heterocycles. The highest BCUT2D eigenvalue weighted by atomic mass is 15.3. The van der Waals surface area contributed by atoms with Crippen LogP contribution in [0.4, 0.5) is 5.69 Å². The van der Waals surface area contributed by atoms with Gasteiger partial charge in [-0.15, -0.1) is 10.2 Å². The van der Waals surface area contributed by atoms with E-state index in [1.54, 1.807) is 12.5 Å². The van der Waals surface area contributed by atoms with Crippen LogP contribution in [0.25, 0.3) is 5.65 Å². The molecule has 0 aliphatic rings. The summed E-state index contributed by atoms with van der Waals surface area (Å²) in [6, 6.07) is 9.60. The van der Waals surface area contributed by atoms with Gasteiger partial charge in [0.25, 0.3) is 0 Å². The summed E-state index contributed by atoms with van der Waals surface area (Å²) in [6.07, 6.45) is 4.11. The Bertz CT molecular complexity index is 659. The molecule has 5 nitrogen and oxygen atoms in total. The zero-order valence-electron chi connectivity index (χ0n) is 9.11. The maximum absolute atomic E-state index is 5.75. The van der Waals surface area contributed by atoms with E-state index in [-0.39, 0.29) is 0 Å². The van der Waals surface area contributed by atoms with Gasteiger partial charge in [-0.05, 0) is 17.7 Å². The van der Waals surface area contributed by atoms with Crippen LogP contribution in [-0.4, -0.2) is 19.6 Å². The summed E-state index contributed by atoms with van der Waals surface area (Å²) in [5.74, 6) is 0.860. The fraction of sp³-hybridized carbons (Fsp3) is 0.0833. The van der Waals surface area contributed by atoms with E-state index >= 15 is 0 Å². The molecule has 0 amide bonds. The van der Waals surface area contributed by atoms with E-state index in [1.165, 1.54) is 0 Å². The second-order valence-electron chi connectivity index (χ2n) is 3.85. The summed E-state index contributed by atoms with van der Waals surface area (Å²) in [5.41, 5.74) is 8.42.